The van der Waals surface area contributed by atoms with Crippen LogP contribution in [0.3, 0.4) is 0 Å². The molecule has 0 spiro atoms. The molecule has 1 saturated heterocycles. The number of nitrogens with one attached hydrogen (secondary N) is 1. The number of carbonyl (C=O) groups excluding carboxylic acids is 2. The summed E-state index contributed by atoms with van der Waals surface area (Å²) in [5, 5.41) is 11.5. The smallest absolute Gasteiger partial charge is 0.417 e. The first-order valence-electron chi connectivity index (χ1n) is 17.7. The van der Waals surface area contributed by atoms with Gasteiger partial charge in [0.2, 0.25) is 5.91 Å². The Bertz CT molecular complexity index is 2010. The molecule has 2 aliphatic carbocycles. The second-order valence-electron chi connectivity index (χ2n) is 15.0. The number of alkyl halides is 3. The molecule has 2 aromatic carbocycles. The van der Waals surface area contributed by atoms with Gasteiger partial charge in [-0.15, -0.1) is 0 Å². The Morgan fingerprint density at radius 1 is 1.08 bits per heavy atom. The van der Waals surface area contributed by atoms with Gasteiger partial charge in [0, 0.05) is 67.6 Å². The highest BCUT2D eigenvalue weighted by Crippen LogP contribution is 2.66. The quantitative estimate of drug-likeness (QED) is 0.275. The van der Waals surface area contributed by atoms with E-state index in [2.05, 4.69) is 9.29 Å². The van der Waals surface area contributed by atoms with E-state index in [1.807, 2.05) is 24.3 Å². The zero-order chi connectivity index (χ0) is 36.7. The van der Waals surface area contributed by atoms with Crippen molar-refractivity contribution in [1.29, 1.82) is 0 Å². The zero-order valence-corrected chi connectivity index (χ0v) is 30.2. The highest BCUT2D eigenvalue weighted by Gasteiger charge is 2.65. The Morgan fingerprint density at radius 2 is 1.80 bits per heavy atom. The maximum absolute atomic E-state index is 14.7. The Balaban J connectivity index is 1.37. The average molecular weight is 731 g/mol. The summed E-state index contributed by atoms with van der Waals surface area (Å²) in [6.45, 7) is 1.84. The molecule has 4 aliphatic rings. The normalized spacial score (nSPS) is 24.5. The van der Waals surface area contributed by atoms with Gasteiger partial charge in [-0.25, -0.2) is 4.72 Å². The first-order valence-corrected chi connectivity index (χ1v) is 19.2. The summed E-state index contributed by atoms with van der Waals surface area (Å²) in [4.78, 5) is 29.6. The molecule has 2 aliphatic heterocycles. The SMILES string of the molecule is CCC(O)(CC1CCN1C(=O)C12CC1c1cc(OC)ccc1-c1c(C3CCCCC3)c3ccc(C(=O)NS(=O)(=O)N(C)C)cc3n1C2)C(F)(F)F. The molecule has 2 N–H and O–H groups in total. The molecule has 276 valence electrons. The number of rotatable bonds is 9. The lowest BCUT2D eigenvalue weighted by Crippen LogP contribution is -2.59. The van der Waals surface area contributed by atoms with Gasteiger partial charge in [0.05, 0.1) is 18.2 Å². The molecule has 3 fully saturated rings. The molecule has 7 rings (SSSR count). The number of aromatic nitrogens is 1. The van der Waals surface area contributed by atoms with Gasteiger partial charge in [0.25, 0.3) is 5.91 Å². The molecule has 4 atom stereocenters. The minimum absolute atomic E-state index is 0.143. The lowest BCUT2D eigenvalue weighted by Gasteiger charge is -2.46. The van der Waals surface area contributed by atoms with Crippen LogP contribution < -0.4 is 9.46 Å². The lowest BCUT2D eigenvalue weighted by atomic mass is 9.81. The summed E-state index contributed by atoms with van der Waals surface area (Å²) in [6.07, 6.45) is 0.157. The highest BCUT2D eigenvalue weighted by atomic mass is 32.2. The van der Waals surface area contributed by atoms with Crippen LogP contribution in [0.1, 0.15) is 98.0 Å². The maximum Gasteiger partial charge on any atom is 0.417 e. The second-order valence-corrected chi connectivity index (χ2v) is 16.9. The third-order valence-electron chi connectivity index (χ3n) is 12.0. The summed E-state index contributed by atoms with van der Waals surface area (Å²) in [7, 11) is 0.168. The summed E-state index contributed by atoms with van der Waals surface area (Å²) in [6, 6.07) is 10.3. The molecule has 3 aromatic rings. The molecule has 0 bridgehead atoms. The number of fused-ring (bicyclic) bond motifs is 7. The fourth-order valence-corrected chi connectivity index (χ4v) is 9.28. The van der Waals surface area contributed by atoms with E-state index >= 15 is 0 Å². The van der Waals surface area contributed by atoms with E-state index in [0.717, 1.165) is 64.2 Å². The van der Waals surface area contributed by atoms with Crippen molar-refractivity contribution in [3.63, 3.8) is 0 Å². The number of amides is 2. The summed E-state index contributed by atoms with van der Waals surface area (Å²) < 4.78 is 77.7. The molecule has 51 heavy (non-hydrogen) atoms. The van der Waals surface area contributed by atoms with Gasteiger partial charge < -0.3 is 19.3 Å². The molecular formula is C37H45F3N4O6S. The van der Waals surface area contributed by atoms with Gasteiger partial charge in [-0.3, -0.25) is 9.59 Å². The highest BCUT2D eigenvalue weighted by molar-refractivity contribution is 7.87. The van der Waals surface area contributed by atoms with E-state index in [1.165, 1.54) is 25.9 Å². The van der Waals surface area contributed by atoms with Crippen LogP contribution in [0.15, 0.2) is 36.4 Å². The fourth-order valence-electron chi connectivity index (χ4n) is 8.75. The second kappa shape index (κ2) is 12.5. The lowest BCUT2D eigenvalue weighted by molar-refractivity contribution is -0.269. The first kappa shape index (κ1) is 35.8. The van der Waals surface area contributed by atoms with Crippen LogP contribution in [-0.2, 0) is 21.5 Å². The summed E-state index contributed by atoms with van der Waals surface area (Å²) in [5.74, 6) is -0.401. The summed E-state index contributed by atoms with van der Waals surface area (Å²) >= 11 is 0. The molecule has 10 nitrogen and oxygen atoms in total. The number of aliphatic hydroxyl groups is 1. The third-order valence-corrected chi connectivity index (χ3v) is 13.4. The molecule has 4 unspecified atom stereocenters. The topological polar surface area (TPSA) is 121 Å². The van der Waals surface area contributed by atoms with E-state index in [1.54, 1.807) is 19.2 Å². The Kier molecular flexibility index (Phi) is 8.77. The van der Waals surface area contributed by atoms with E-state index in [9.17, 15) is 36.3 Å². The van der Waals surface area contributed by atoms with Crippen molar-refractivity contribution in [2.75, 3.05) is 27.7 Å². The Labute approximate surface area is 296 Å². The van der Waals surface area contributed by atoms with E-state index in [-0.39, 0.29) is 29.9 Å². The molecule has 3 heterocycles. The number of carbonyl (C=O) groups is 2. The minimum atomic E-state index is -4.82. The molecule has 1 aromatic heterocycles. The molecule has 2 saturated carbocycles. The minimum Gasteiger partial charge on any atom is -0.497 e. The largest absolute Gasteiger partial charge is 0.497 e. The zero-order valence-electron chi connectivity index (χ0n) is 29.3. The van der Waals surface area contributed by atoms with Crippen molar-refractivity contribution in [1.82, 2.24) is 18.5 Å². The number of nitrogens with zero attached hydrogens (tertiary/aromatic N) is 3. The number of hydrogen-bond acceptors (Lipinski definition) is 6. The van der Waals surface area contributed by atoms with Crippen LogP contribution in [0.5, 0.6) is 5.75 Å². The van der Waals surface area contributed by atoms with E-state index in [0.29, 0.717) is 30.7 Å². The first-order chi connectivity index (χ1) is 24.0. The molecule has 0 radical (unpaired) electrons. The Morgan fingerprint density at radius 3 is 2.41 bits per heavy atom. The maximum atomic E-state index is 14.7. The third kappa shape index (κ3) is 5.81. The monoisotopic (exact) mass is 730 g/mol. The average Bonchev–Trinajstić information content (AvgIpc) is 3.76. The van der Waals surface area contributed by atoms with Gasteiger partial charge >= 0.3 is 16.4 Å². The molecule has 14 heteroatoms. The van der Waals surface area contributed by atoms with Crippen molar-refractivity contribution in [3.05, 3.63) is 53.1 Å². The van der Waals surface area contributed by atoms with Crippen molar-refractivity contribution < 1.29 is 41.0 Å². The number of likely N-dealkylation sites (tertiary alicyclic amines) is 1. The van der Waals surface area contributed by atoms with Crippen LogP contribution in [-0.4, -0.2) is 84.7 Å². The summed E-state index contributed by atoms with van der Waals surface area (Å²) in [5.41, 5.74) is 0.936. The van der Waals surface area contributed by atoms with Crippen LogP contribution >= 0.6 is 0 Å². The van der Waals surface area contributed by atoms with Gasteiger partial charge in [0.1, 0.15) is 5.75 Å². The van der Waals surface area contributed by atoms with Crippen molar-refractivity contribution >= 4 is 32.9 Å². The van der Waals surface area contributed by atoms with Crippen LogP contribution in [0.2, 0.25) is 0 Å². The number of benzene rings is 2. The standard InChI is InChI=1S/C37H45F3N4O6S/c1-5-36(47,37(38,39)40)19-24-15-16-43(24)34(46)35-20-29(35)28-18-25(50-4)12-14-26(28)32-31(22-9-7-6-8-10-22)27-13-11-23(17-30(27)44(32)21-35)33(45)41-51(48,49)42(2)3/h11-14,17-18,22,24,29,47H,5-10,15-16,19-21H2,1-4H3,(H,41,45). The number of methoxy groups -OCH3 is 1. The molecular weight excluding hydrogens is 685 g/mol. The van der Waals surface area contributed by atoms with Gasteiger partial charge in [-0.05, 0) is 79.5 Å². The van der Waals surface area contributed by atoms with Crippen molar-refractivity contribution in [2.45, 2.75) is 101 Å². The Hall–Kier alpha value is -3.62. The van der Waals surface area contributed by atoms with E-state index in [4.69, 9.17) is 4.74 Å². The fraction of sp³-hybridized carbons (Fsp3) is 0.568. The predicted octanol–water partition coefficient (Wildman–Crippen LogP) is 6.08. The van der Waals surface area contributed by atoms with Crippen LogP contribution in [0.25, 0.3) is 22.2 Å². The number of halogens is 3. The van der Waals surface area contributed by atoms with Crippen molar-refractivity contribution in [3.8, 4) is 17.0 Å². The van der Waals surface area contributed by atoms with Gasteiger partial charge in [-0.2, -0.15) is 25.9 Å². The van der Waals surface area contributed by atoms with Crippen LogP contribution in [0.4, 0.5) is 13.2 Å². The molecule has 2 amide bonds. The number of hydrogen-bond donors (Lipinski definition) is 2. The predicted molar refractivity (Wildman–Crippen MR) is 186 cm³/mol. The van der Waals surface area contributed by atoms with Crippen LogP contribution in [0, 0.1) is 5.41 Å². The number of ether oxygens (including phenoxy) is 1. The van der Waals surface area contributed by atoms with E-state index < -0.39 is 52.2 Å². The van der Waals surface area contributed by atoms with Gasteiger partial charge in [-0.1, -0.05) is 32.3 Å². The van der Waals surface area contributed by atoms with Gasteiger partial charge in [0.15, 0.2) is 5.60 Å². The van der Waals surface area contributed by atoms with Crippen molar-refractivity contribution in [2.24, 2.45) is 5.41 Å².